The van der Waals surface area contributed by atoms with E-state index in [0.717, 1.165) is 5.75 Å². The fourth-order valence-corrected chi connectivity index (χ4v) is 4.79. The van der Waals surface area contributed by atoms with Crippen LogP contribution >= 0.6 is 23.1 Å². The van der Waals surface area contributed by atoms with Crippen molar-refractivity contribution in [3.05, 3.63) is 29.5 Å². The summed E-state index contributed by atoms with van der Waals surface area (Å²) in [4.78, 5) is 38.8. The van der Waals surface area contributed by atoms with Gasteiger partial charge in [0.05, 0.1) is 12.2 Å². The molecule has 118 valence electrons. The number of thiazole rings is 1. The van der Waals surface area contributed by atoms with Crippen molar-refractivity contribution in [2.45, 2.75) is 18.5 Å². The third-order valence-electron chi connectivity index (χ3n) is 3.90. The number of aromatic nitrogens is 3. The minimum atomic E-state index is -0.705. The van der Waals surface area contributed by atoms with Crippen LogP contribution in [0.15, 0.2) is 23.8 Å². The van der Waals surface area contributed by atoms with E-state index in [4.69, 9.17) is 0 Å². The monoisotopic (exact) mass is 347 g/mol. The van der Waals surface area contributed by atoms with Crippen LogP contribution in [-0.4, -0.2) is 48.8 Å². The molecular weight excluding hydrogens is 334 g/mol. The van der Waals surface area contributed by atoms with Gasteiger partial charge in [0.1, 0.15) is 5.54 Å². The highest BCUT2D eigenvalue weighted by molar-refractivity contribution is 7.99. The zero-order chi connectivity index (χ0) is 15.9. The fraction of sp³-hybridized carbons (Fsp3) is 0.357. The van der Waals surface area contributed by atoms with Crippen molar-refractivity contribution in [1.82, 2.24) is 25.2 Å². The van der Waals surface area contributed by atoms with Crippen LogP contribution in [0.4, 0.5) is 4.79 Å². The molecule has 2 aliphatic rings. The lowest BCUT2D eigenvalue weighted by atomic mass is 9.99. The number of nitrogens with zero attached hydrogens (tertiary/aromatic N) is 4. The Morgan fingerprint density at radius 1 is 1.30 bits per heavy atom. The second kappa shape index (κ2) is 5.57. The molecule has 4 heterocycles. The van der Waals surface area contributed by atoms with Crippen LogP contribution in [0.25, 0.3) is 10.8 Å². The highest BCUT2D eigenvalue weighted by Gasteiger charge is 2.52. The average molecular weight is 347 g/mol. The van der Waals surface area contributed by atoms with Crippen LogP contribution in [0, 0.1) is 0 Å². The molecule has 1 N–H and O–H groups in total. The number of carbonyl (C=O) groups is 2. The molecule has 1 atom stereocenters. The number of rotatable bonds is 3. The predicted molar refractivity (Wildman–Crippen MR) is 86.9 cm³/mol. The highest BCUT2D eigenvalue weighted by Crippen LogP contribution is 2.34. The third kappa shape index (κ3) is 2.49. The van der Waals surface area contributed by atoms with E-state index in [0.29, 0.717) is 28.7 Å². The van der Waals surface area contributed by atoms with Crippen molar-refractivity contribution in [2.24, 2.45) is 0 Å². The molecule has 0 saturated carbocycles. The Kier molecular flexibility index (Phi) is 3.53. The molecular formula is C14H13N5O2S2. The van der Waals surface area contributed by atoms with E-state index in [9.17, 15) is 9.59 Å². The lowest BCUT2D eigenvalue weighted by molar-refractivity contribution is -0.130. The number of hydrogen-bond acceptors (Lipinski definition) is 7. The van der Waals surface area contributed by atoms with Crippen LogP contribution in [0.5, 0.6) is 0 Å². The first kappa shape index (κ1) is 14.6. The van der Waals surface area contributed by atoms with Crippen LogP contribution in [0.2, 0.25) is 0 Å². The predicted octanol–water partition coefficient (Wildman–Crippen LogP) is 1.53. The van der Waals surface area contributed by atoms with Gasteiger partial charge in [-0.05, 0) is 18.2 Å². The van der Waals surface area contributed by atoms with Gasteiger partial charge in [0, 0.05) is 23.5 Å². The molecule has 0 aliphatic carbocycles. The first-order chi connectivity index (χ1) is 11.2. The Hall–Kier alpha value is -2.00. The van der Waals surface area contributed by atoms with Crippen molar-refractivity contribution >= 4 is 35.0 Å². The standard InChI is InChI=1S/C14H13N5O2S2/c20-12-14(2-5-22-8-14)18-13(21)19(12)6-9-7-23-11(17-9)10-15-3-1-4-16-10/h1,3-4,7H,2,5-6,8H2,(H,18,21)/t14-/m0/s1. The maximum atomic E-state index is 12.6. The largest absolute Gasteiger partial charge is 0.325 e. The molecule has 7 nitrogen and oxygen atoms in total. The minimum absolute atomic E-state index is 0.141. The first-order valence-corrected chi connectivity index (χ1v) is 9.15. The van der Waals surface area contributed by atoms with Crippen molar-refractivity contribution < 1.29 is 9.59 Å². The van der Waals surface area contributed by atoms with Crippen LogP contribution in [0.1, 0.15) is 12.1 Å². The van der Waals surface area contributed by atoms with Gasteiger partial charge in [0.2, 0.25) is 0 Å². The van der Waals surface area contributed by atoms with E-state index in [1.165, 1.54) is 16.2 Å². The molecule has 0 aromatic carbocycles. The molecule has 9 heteroatoms. The van der Waals surface area contributed by atoms with Gasteiger partial charge < -0.3 is 5.32 Å². The van der Waals surface area contributed by atoms with Crippen molar-refractivity contribution in [2.75, 3.05) is 11.5 Å². The Balaban J connectivity index is 1.54. The number of nitrogens with one attached hydrogen (secondary N) is 1. The molecule has 0 radical (unpaired) electrons. The van der Waals surface area contributed by atoms with Gasteiger partial charge in [0.25, 0.3) is 5.91 Å². The second-order valence-corrected chi connectivity index (χ2v) is 7.39. The zero-order valence-electron chi connectivity index (χ0n) is 12.1. The Labute approximate surface area is 140 Å². The van der Waals surface area contributed by atoms with Gasteiger partial charge in [-0.3, -0.25) is 9.69 Å². The quantitative estimate of drug-likeness (QED) is 0.847. The normalized spacial score (nSPS) is 23.7. The lowest BCUT2D eigenvalue weighted by Gasteiger charge is -2.18. The SMILES string of the molecule is O=C1N[C@]2(CCSC2)C(=O)N1Cc1csc(-c2ncccn2)n1. The summed E-state index contributed by atoms with van der Waals surface area (Å²) in [5, 5.41) is 5.37. The van der Waals surface area contributed by atoms with Gasteiger partial charge in [0.15, 0.2) is 10.8 Å². The summed E-state index contributed by atoms with van der Waals surface area (Å²) in [6.45, 7) is 0.181. The summed E-state index contributed by atoms with van der Waals surface area (Å²) < 4.78 is 0. The molecule has 2 aromatic rings. The van der Waals surface area contributed by atoms with Crippen molar-refractivity contribution in [3.63, 3.8) is 0 Å². The van der Waals surface area contributed by atoms with Gasteiger partial charge in [-0.25, -0.2) is 19.7 Å². The van der Waals surface area contributed by atoms with Gasteiger partial charge >= 0.3 is 6.03 Å². The average Bonchev–Trinajstić information content (AvgIpc) is 3.27. The molecule has 3 amide bonds. The maximum absolute atomic E-state index is 12.6. The molecule has 2 fully saturated rings. The van der Waals surface area contributed by atoms with Gasteiger partial charge in [-0.1, -0.05) is 0 Å². The number of hydrogen-bond donors (Lipinski definition) is 1. The number of imide groups is 1. The molecule has 1 spiro atoms. The summed E-state index contributed by atoms with van der Waals surface area (Å²) >= 11 is 3.10. The molecule has 23 heavy (non-hydrogen) atoms. The topological polar surface area (TPSA) is 88.1 Å². The van der Waals surface area contributed by atoms with Crippen LogP contribution in [0.3, 0.4) is 0 Å². The van der Waals surface area contributed by atoms with E-state index in [1.54, 1.807) is 30.2 Å². The Bertz CT molecular complexity index is 758. The molecule has 2 saturated heterocycles. The fourth-order valence-electron chi connectivity index (χ4n) is 2.71. The van der Waals surface area contributed by atoms with Gasteiger partial charge in [-0.15, -0.1) is 11.3 Å². The van der Waals surface area contributed by atoms with Gasteiger partial charge in [-0.2, -0.15) is 11.8 Å². The number of carbonyl (C=O) groups excluding carboxylic acids is 2. The number of amides is 3. The first-order valence-electron chi connectivity index (χ1n) is 7.12. The summed E-state index contributed by atoms with van der Waals surface area (Å²) in [5.74, 6) is 1.95. The van der Waals surface area contributed by atoms with E-state index in [-0.39, 0.29) is 18.5 Å². The Morgan fingerprint density at radius 2 is 2.13 bits per heavy atom. The zero-order valence-corrected chi connectivity index (χ0v) is 13.7. The molecule has 0 bridgehead atoms. The smallest absolute Gasteiger partial charge is 0.322 e. The third-order valence-corrected chi connectivity index (χ3v) is 5.97. The highest BCUT2D eigenvalue weighted by atomic mass is 32.2. The second-order valence-electron chi connectivity index (χ2n) is 5.42. The summed E-state index contributed by atoms with van der Waals surface area (Å²) in [5.41, 5.74) is -0.0352. The van der Waals surface area contributed by atoms with E-state index in [1.807, 2.05) is 5.38 Å². The molecule has 2 aromatic heterocycles. The summed E-state index contributed by atoms with van der Waals surface area (Å²) in [6, 6.07) is 1.41. The lowest BCUT2D eigenvalue weighted by Crippen LogP contribution is -2.46. The number of urea groups is 1. The number of thioether (sulfide) groups is 1. The van der Waals surface area contributed by atoms with E-state index < -0.39 is 5.54 Å². The minimum Gasteiger partial charge on any atom is -0.322 e. The molecule has 0 unspecified atom stereocenters. The van der Waals surface area contributed by atoms with Crippen LogP contribution < -0.4 is 5.32 Å². The van der Waals surface area contributed by atoms with Crippen LogP contribution in [-0.2, 0) is 11.3 Å². The summed E-state index contributed by atoms with van der Waals surface area (Å²) in [7, 11) is 0. The van der Waals surface area contributed by atoms with Crippen molar-refractivity contribution in [1.29, 1.82) is 0 Å². The Morgan fingerprint density at radius 3 is 2.87 bits per heavy atom. The van der Waals surface area contributed by atoms with Crippen molar-refractivity contribution in [3.8, 4) is 10.8 Å². The van der Waals surface area contributed by atoms with E-state index in [2.05, 4.69) is 20.3 Å². The maximum Gasteiger partial charge on any atom is 0.325 e. The molecule has 4 rings (SSSR count). The summed E-state index contributed by atoms with van der Waals surface area (Å²) in [6.07, 6.45) is 4.00. The molecule has 2 aliphatic heterocycles. The van der Waals surface area contributed by atoms with E-state index >= 15 is 0 Å².